The van der Waals surface area contributed by atoms with Crippen molar-refractivity contribution in [2.24, 2.45) is 0 Å². The van der Waals surface area contributed by atoms with Gasteiger partial charge in [0.1, 0.15) is 0 Å². The van der Waals surface area contributed by atoms with Gasteiger partial charge in [-0.25, -0.2) is 0 Å². The van der Waals surface area contributed by atoms with E-state index in [0.29, 0.717) is 13.0 Å². The first-order valence-electron chi connectivity index (χ1n) is 6.50. The highest BCUT2D eigenvalue weighted by Gasteiger charge is 2.21. The van der Waals surface area contributed by atoms with Crippen LogP contribution in [0.15, 0.2) is 24.3 Å². The molecule has 0 saturated carbocycles. The average molecular weight is 278 g/mol. The highest BCUT2D eigenvalue weighted by Crippen LogP contribution is 2.18. The molecular formula is C14H18N2O2S. The summed E-state index contributed by atoms with van der Waals surface area (Å²) >= 11 is 1.32. The molecule has 19 heavy (non-hydrogen) atoms. The summed E-state index contributed by atoms with van der Waals surface area (Å²) < 4.78 is 0. The first kappa shape index (κ1) is 13.9. The van der Waals surface area contributed by atoms with Gasteiger partial charge in [0.25, 0.3) is 5.24 Å². The number of benzene rings is 1. The predicted molar refractivity (Wildman–Crippen MR) is 78.5 cm³/mol. The molecule has 5 heteroatoms. The highest BCUT2D eigenvalue weighted by atomic mass is 32.2. The molecule has 1 saturated heterocycles. The lowest BCUT2D eigenvalue weighted by molar-refractivity contribution is -0.116. The van der Waals surface area contributed by atoms with Gasteiger partial charge in [0.15, 0.2) is 0 Å². The van der Waals surface area contributed by atoms with Gasteiger partial charge in [-0.3, -0.25) is 9.59 Å². The first-order valence-corrected chi connectivity index (χ1v) is 7.48. The molecule has 1 aromatic rings. The van der Waals surface area contributed by atoms with Gasteiger partial charge in [-0.2, -0.15) is 0 Å². The Morgan fingerprint density at radius 3 is 2.89 bits per heavy atom. The monoisotopic (exact) mass is 278 g/mol. The number of hydrogen-bond acceptors (Lipinski definition) is 3. The van der Waals surface area contributed by atoms with E-state index in [1.807, 2.05) is 24.3 Å². The van der Waals surface area contributed by atoms with Crippen LogP contribution in [-0.4, -0.2) is 34.9 Å². The Morgan fingerprint density at radius 1 is 1.42 bits per heavy atom. The Bertz CT molecular complexity index is 476. The van der Waals surface area contributed by atoms with Gasteiger partial charge in [0.05, 0.1) is 0 Å². The molecule has 0 bridgehead atoms. The summed E-state index contributed by atoms with van der Waals surface area (Å²) in [7, 11) is 0. The van der Waals surface area contributed by atoms with E-state index in [4.69, 9.17) is 0 Å². The maximum atomic E-state index is 11.9. The number of aryl methyl sites for hydroxylation is 1. The van der Waals surface area contributed by atoms with Crippen molar-refractivity contribution < 1.29 is 9.59 Å². The van der Waals surface area contributed by atoms with Gasteiger partial charge < -0.3 is 10.2 Å². The topological polar surface area (TPSA) is 49.4 Å². The summed E-state index contributed by atoms with van der Waals surface area (Å²) in [4.78, 5) is 25.0. The Kier molecular flexibility index (Phi) is 4.85. The van der Waals surface area contributed by atoms with E-state index in [9.17, 15) is 9.59 Å². The highest BCUT2D eigenvalue weighted by molar-refractivity contribution is 8.13. The van der Waals surface area contributed by atoms with Crippen molar-refractivity contribution in [3.05, 3.63) is 29.8 Å². The molecule has 102 valence electrons. The van der Waals surface area contributed by atoms with Crippen molar-refractivity contribution in [3.8, 4) is 0 Å². The van der Waals surface area contributed by atoms with Crippen LogP contribution in [0, 0.1) is 0 Å². The fraction of sp³-hybridized carbons (Fsp3) is 0.429. The molecule has 2 amide bonds. The number of carbonyl (C=O) groups excluding carboxylic acids is 2. The minimum atomic E-state index is -0.0365. The normalized spacial score (nSPS) is 14.8. The van der Waals surface area contributed by atoms with Crippen molar-refractivity contribution in [2.75, 3.05) is 24.2 Å². The minimum absolute atomic E-state index is 0.0365. The zero-order valence-electron chi connectivity index (χ0n) is 11.0. The van der Waals surface area contributed by atoms with Crippen LogP contribution in [0.2, 0.25) is 0 Å². The molecule has 1 aliphatic rings. The van der Waals surface area contributed by atoms with Crippen LogP contribution in [-0.2, 0) is 11.2 Å². The third-order valence-corrected chi connectivity index (χ3v) is 4.02. The van der Waals surface area contributed by atoms with Crippen LogP contribution in [0.5, 0.6) is 0 Å². The molecule has 0 spiro atoms. The van der Waals surface area contributed by atoms with Crippen molar-refractivity contribution in [3.63, 3.8) is 0 Å². The summed E-state index contributed by atoms with van der Waals surface area (Å²) in [5.74, 6) is 0.796. The summed E-state index contributed by atoms with van der Waals surface area (Å²) in [6.07, 6.45) is 1.24. The Morgan fingerprint density at radius 2 is 2.21 bits per heavy atom. The van der Waals surface area contributed by atoms with E-state index in [0.717, 1.165) is 30.0 Å². The van der Waals surface area contributed by atoms with E-state index in [1.165, 1.54) is 11.8 Å². The number of amides is 2. The zero-order valence-corrected chi connectivity index (χ0v) is 11.8. The number of hydrogen-bond donors (Lipinski definition) is 1. The fourth-order valence-electron chi connectivity index (χ4n) is 2.03. The first-order chi connectivity index (χ1) is 9.20. The van der Waals surface area contributed by atoms with Gasteiger partial charge in [-0.1, -0.05) is 36.9 Å². The van der Waals surface area contributed by atoms with E-state index in [2.05, 4.69) is 12.2 Å². The van der Waals surface area contributed by atoms with E-state index < -0.39 is 0 Å². The smallest absolute Gasteiger partial charge is 0.281 e. The van der Waals surface area contributed by atoms with Crippen molar-refractivity contribution in [1.29, 1.82) is 0 Å². The molecule has 0 aliphatic carbocycles. The molecule has 1 heterocycles. The third kappa shape index (κ3) is 3.73. The number of nitrogens with zero attached hydrogens (tertiary/aromatic N) is 1. The number of carbonyl (C=O) groups is 2. The molecule has 1 fully saturated rings. The number of rotatable bonds is 5. The number of anilines is 1. The second-order valence-corrected chi connectivity index (χ2v) is 5.46. The summed E-state index contributed by atoms with van der Waals surface area (Å²) in [5, 5.41) is 3.00. The Balaban J connectivity index is 1.85. The SMILES string of the molecule is CCc1ccccc1NC(=O)CCN1CCSC1=O. The minimum Gasteiger partial charge on any atom is -0.332 e. The molecule has 0 atom stereocenters. The molecular weight excluding hydrogens is 260 g/mol. The fourth-order valence-corrected chi connectivity index (χ4v) is 2.88. The van der Waals surface area contributed by atoms with Crippen LogP contribution < -0.4 is 5.32 Å². The van der Waals surface area contributed by atoms with Crippen LogP contribution in [0.3, 0.4) is 0 Å². The van der Waals surface area contributed by atoms with Gasteiger partial charge in [0, 0.05) is 31.0 Å². The summed E-state index contributed by atoms with van der Waals surface area (Å²) in [6, 6.07) is 7.80. The average Bonchev–Trinajstić information content (AvgIpc) is 2.82. The van der Waals surface area contributed by atoms with Gasteiger partial charge >= 0.3 is 0 Å². The lowest BCUT2D eigenvalue weighted by Crippen LogP contribution is -2.27. The standard InChI is InChI=1S/C14H18N2O2S/c1-2-11-5-3-4-6-12(11)15-13(17)7-8-16-9-10-19-14(16)18/h3-6H,2,7-10H2,1H3,(H,15,17). The number of thioether (sulfide) groups is 1. The molecule has 0 radical (unpaired) electrons. The quantitative estimate of drug-likeness (QED) is 0.901. The zero-order chi connectivity index (χ0) is 13.7. The second kappa shape index (κ2) is 6.61. The summed E-state index contributed by atoms with van der Waals surface area (Å²) in [5.41, 5.74) is 2.00. The van der Waals surface area contributed by atoms with Gasteiger partial charge in [-0.15, -0.1) is 0 Å². The number of para-hydroxylation sites is 1. The lowest BCUT2D eigenvalue weighted by atomic mass is 10.1. The molecule has 2 rings (SSSR count). The van der Waals surface area contributed by atoms with Crippen LogP contribution >= 0.6 is 11.8 Å². The van der Waals surface area contributed by atoms with E-state index >= 15 is 0 Å². The molecule has 0 aromatic heterocycles. The molecule has 0 unspecified atom stereocenters. The lowest BCUT2D eigenvalue weighted by Gasteiger charge is -2.14. The largest absolute Gasteiger partial charge is 0.332 e. The van der Waals surface area contributed by atoms with Gasteiger partial charge in [0.2, 0.25) is 5.91 Å². The van der Waals surface area contributed by atoms with Crippen molar-refractivity contribution >= 4 is 28.6 Å². The summed E-state index contributed by atoms with van der Waals surface area (Å²) in [6.45, 7) is 3.32. The van der Waals surface area contributed by atoms with Crippen LogP contribution in [0.1, 0.15) is 18.9 Å². The van der Waals surface area contributed by atoms with E-state index in [-0.39, 0.29) is 11.1 Å². The number of nitrogens with one attached hydrogen (secondary N) is 1. The van der Waals surface area contributed by atoms with Crippen molar-refractivity contribution in [1.82, 2.24) is 4.90 Å². The Hall–Kier alpha value is -1.49. The maximum Gasteiger partial charge on any atom is 0.281 e. The predicted octanol–water partition coefficient (Wildman–Crippen LogP) is 2.75. The van der Waals surface area contributed by atoms with E-state index in [1.54, 1.807) is 4.90 Å². The molecule has 1 aromatic carbocycles. The molecule has 4 nitrogen and oxygen atoms in total. The second-order valence-electron chi connectivity index (χ2n) is 4.41. The Labute approximate surface area is 117 Å². The van der Waals surface area contributed by atoms with Crippen LogP contribution in [0.25, 0.3) is 0 Å². The molecule has 1 N–H and O–H groups in total. The maximum absolute atomic E-state index is 11.9. The van der Waals surface area contributed by atoms with Gasteiger partial charge in [-0.05, 0) is 18.1 Å². The van der Waals surface area contributed by atoms with Crippen LogP contribution in [0.4, 0.5) is 10.5 Å². The van der Waals surface area contributed by atoms with Crippen molar-refractivity contribution in [2.45, 2.75) is 19.8 Å². The molecule has 1 aliphatic heterocycles. The third-order valence-electron chi connectivity index (χ3n) is 3.13.